The Balaban J connectivity index is 2.25. The van der Waals surface area contributed by atoms with Gasteiger partial charge in [0, 0.05) is 6.54 Å². The maximum Gasteiger partial charge on any atom is 0.293 e. The number of hydrogen-bond donors (Lipinski definition) is 1. The van der Waals surface area contributed by atoms with Crippen molar-refractivity contribution in [3.8, 4) is 5.75 Å². The van der Waals surface area contributed by atoms with E-state index in [0.29, 0.717) is 15.0 Å². The zero-order chi connectivity index (χ0) is 14.9. The standard InChI is InChI=1S/C14H14INO3S/c1-8(2)7-16-13(18)12(20-14(16)19)6-9-3-4-11(17)10(15)5-9/h3-6,8,17H,7H2,1-2H3. The molecule has 2 amide bonds. The molecule has 1 saturated heterocycles. The number of rotatable bonds is 3. The second-order valence-corrected chi connectivity index (χ2v) is 7.05. The summed E-state index contributed by atoms with van der Waals surface area (Å²) in [5.41, 5.74) is 0.794. The Labute approximate surface area is 135 Å². The number of amides is 2. The van der Waals surface area contributed by atoms with E-state index >= 15 is 0 Å². The number of benzene rings is 1. The summed E-state index contributed by atoms with van der Waals surface area (Å²) >= 11 is 2.98. The summed E-state index contributed by atoms with van der Waals surface area (Å²) < 4.78 is 0.706. The first-order valence-corrected chi connectivity index (χ1v) is 8.02. The fourth-order valence-electron chi connectivity index (χ4n) is 1.79. The Kier molecular flexibility index (Phi) is 4.74. The van der Waals surface area contributed by atoms with Crippen LogP contribution in [0.3, 0.4) is 0 Å². The number of thioether (sulfide) groups is 1. The summed E-state index contributed by atoms with van der Waals surface area (Å²) in [4.78, 5) is 25.7. The van der Waals surface area contributed by atoms with Crippen molar-refractivity contribution in [3.63, 3.8) is 0 Å². The van der Waals surface area contributed by atoms with Gasteiger partial charge in [-0.15, -0.1) is 0 Å². The molecule has 106 valence electrons. The van der Waals surface area contributed by atoms with E-state index in [0.717, 1.165) is 17.3 Å². The lowest BCUT2D eigenvalue weighted by molar-refractivity contribution is -0.123. The molecule has 6 heteroatoms. The smallest absolute Gasteiger partial charge is 0.293 e. The van der Waals surface area contributed by atoms with Crippen LogP contribution in [0, 0.1) is 9.49 Å². The average molecular weight is 403 g/mol. The monoisotopic (exact) mass is 403 g/mol. The van der Waals surface area contributed by atoms with E-state index in [1.807, 2.05) is 36.4 Å². The van der Waals surface area contributed by atoms with Gasteiger partial charge in [0.05, 0.1) is 8.48 Å². The normalized spacial score (nSPS) is 17.6. The van der Waals surface area contributed by atoms with Gasteiger partial charge in [-0.05, 0) is 64.0 Å². The largest absolute Gasteiger partial charge is 0.507 e. The summed E-state index contributed by atoms with van der Waals surface area (Å²) in [7, 11) is 0. The lowest BCUT2D eigenvalue weighted by atomic mass is 10.2. The van der Waals surface area contributed by atoms with Gasteiger partial charge in [-0.1, -0.05) is 19.9 Å². The molecule has 20 heavy (non-hydrogen) atoms. The molecule has 1 aromatic rings. The highest BCUT2D eigenvalue weighted by atomic mass is 127. The van der Waals surface area contributed by atoms with Gasteiger partial charge in [0.2, 0.25) is 0 Å². The number of nitrogens with zero attached hydrogens (tertiary/aromatic N) is 1. The van der Waals surface area contributed by atoms with Crippen molar-refractivity contribution in [2.24, 2.45) is 5.92 Å². The van der Waals surface area contributed by atoms with Crippen LogP contribution in [0.1, 0.15) is 19.4 Å². The zero-order valence-electron chi connectivity index (χ0n) is 11.1. The molecule has 0 aliphatic carbocycles. The maximum atomic E-state index is 12.2. The predicted octanol–water partition coefficient (Wildman–Crippen LogP) is 3.69. The summed E-state index contributed by atoms with van der Waals surface area (Å²) in [5, 5.41) is 9.26. The van der Waals surface area contributed by atoms with Crippen molar-refractivity contribution in [3.05, 3.63) is 32.2 Å². The SMILES string of the molecule is CC(C)CN1C(=O)SC(=Cc2ccc(O)c(I)c2)C1=O. The lowest BCUT2D eigenvalue weighted by Gasteiger charge is -2.14. The van der Waals surface area contributed by atoms with E-state index < -0.39 is 0 Å². The number of phenols is 1. The number of halogens is 1. The molecule has 1 aromatic carbocycles. The minimum absolute atomic E-state index is 0.204. The van der Waals surface area contributed by atoms with Crippen molar-refractivity contribution in [1.29, 1.82) is 0 Å². The van der Waals surface area contributed by atoms with E-state index in [4.69, 9.17) is 0 Å². The van der Waals surface area contributed by atoms with E-state index in [-0.39, 0.29) is 22.8 Å². The van der Waals surface area contributed by atoms with Gasteiger partial charge in [-0.3, -0.25) is 14.5 Å². The number of imide groups is 1. The number of hydrogen-bond acceptors (Lipinski definition) is 4. The minimum atomic E-state index is -0.239. The van der Waals surface area contributed by atoms with Crippen molar-refractivity contribution in [2.45, 2.75) is 13.8 Å². The molecule has 1 heterocycles. The second kappa shape index (κ2) is 6.17. The summed E-state index contributed by atoms with van der Waals surface area (Å²) in [6, 6.07) is 5.06. The molecule has 0 spiro atoms. The van der Waals surface area contributed by atoms with Crippen LogP contribution >= 0.6 is 34.4 Å². The van der Waals surface area contributed by atoms with Gasteiger partial charge in [0.25, 0.3) is 11.1 Å². The first-order chi connectivity index (χ1) is 9.38. The molecule has 0 radical (unpaired) electrons. The molecule has 0 unspecified atom stereocenters. The molecule has 1 aliphatic rings. The fraction of sp³-hybridized carbons (Fsp3) is 0.286. The number of phenolic OH excluding ortho intramolecular Hbond substituents is 1. The van der Waals surface area contributed by atoms with Crippen molar-refractivity contribution < 1.29 is 14.7 Å². The van der Waals surface area contributed by atoms with Crippen LogP contribution < -0.4 is 0 Å². The number of carbonyl (C=O) groups excluding carboxylic acids is 2. The molecule has 0 bridgehead atoms. The van der Waals surface area contributed by atoms with Crippen LogP contribution in [0.15, 0.2) is 23.1 Å². The van der Waals surface area contributed by atoms with Gasteiger partial charge in [0.1, 0.15) is 5.75 Å². The van der Waals surface area contributed by atoms with Crippen LogP contribution in [-0.2, 0) is 4.79 Å². The molecule has 1 aliphatic heterocycles. The molecule has 2 rings (SSSR count). The van der Waals surface area contributed by atoms with E-state index in [1.165, 1.54) is 4.90 Å². The van der Waals surface area contributed by atoms with Gasteiger partial charge >= 0.3 is 0 Å². The molecular weight excluding hydrogens is 389 g/mol. The summed E-state index contributed by atoms with van der Waals surface area (Å²) in [5.74, 6) is 0.213. The topological polar surface area (TPSA) is 57.6 Å². The molecule has 0 saturated carbocycles. The predicted molar refractivity (Wildman–Crippen MR) is 88.3 cm³/mol. The van der Waals surface area contributed by atoms with Crippen LogP contribution in [0.25, 0.3) is 6.08 Å². The van der Waals surface area contributed by atoms with Gasteiger partial charge in [0.15, 0.2) is 0 Å². The van der Waals surface area contributed by atoms with Crippen molar-refractivity contribution in [1.82, 2.24) is 4.90 Å². The summed E-state index contributed by atoms with van der Waals surface area (Å²) in [6.45, 7) is 4.37. The van der Waals surface area contributed by atoms with Crippen molar-refractivity contribution >= 4 is 51.6 Å². The van der Waals surface area contributed by atoms with E-state index in [2.05, 4.69) is 0 Å². The highest BCUT2D eigenvalue weighted by Crippen LogP contribution is 2.33. The quantitative estimate of drug-likeness (QED) is 0.618. The Bertz CT molecular complexity index is 598. The average Bonchev–Trinajstić information content (AvgIpc) is 2.61. The maximum absolute atomic E-state index is 12.2. The third kappa shape index (κ3) is 3.35. The highest BCUT2D eigenvalue weighted by Gasteiger charge is 2.35. The van der Waals surface area contributed by atoms with E-state index in [1.54, 1.807) is 24.3 Å². The van der Waals surface area contributed by atoms with Gasteiger partial charge < -0.3 is 5.11 Å². The molecule has 0 atom stereocenters. The third-order valence-electron chi connectivity index (χ3n) is 2.69. The molecule has 4 nitrogen and oxygen atoms in total. The van der Waals surface area contributed by atoms with Gasteiger partial charge in [-0.25, -0.2) is 0 Å². The zero-order valence-corrected chi connectivity index (χ0v) is 14.1. The highest BCUT2D eigenvalue weighted by molar-refractivity contribution is 14.1. The van der Waals surface area contributed by atoms with E-state index in [9.17, 15) is 14.7 Å². The van der Waals surface area contributed by atoms with Crippen LogP contribution in [0.2, 0.25) is 0 Å². The molecular formula is C14H14INO3S. The molecule has 1 fully saturated rings. The Morgan fingerprint density at radius 3 is 2.70 bits per heavy atom. The van der Waals surface area contributed by atoms with Gasteiger partial charge in [-0.2, -0.15) is 0 Å². The Hall–Kier alpha value is -1.02. The number of carbonyl (C=O) groups is 2. The first-order valence-electron chi connectivity index (χ1n) is 6.12. The Morgan fingerprint density at radius 1 is 1.40 bits per heavy atom. The van der Waals surface area contributed by atoms with Crippen molar-refractivity contribution in [2.75, 3.05) is 6.54 Å². The van der Waals surface area contributed by atoms with Crippen LogP contribution in [0.5, 0.6) is 5.75 Å². The molecule has 1 N–H and O–H groups in total. The summed E-state index contributed by atoms with van der Waals surface area (Å²) in [6.07, 6.45) is 1.69. The van der Waals surface area contributed by atoms with Crippen LogP contribution in [0.4, 0.5) is 4.79 Å². The Morgan fingerprint density at radius 2 is 2.10 bits per heavy atom. The minimum Gasteiger partial charge on any atom is -0.507 e. The lowest BCUT2D eigenvalue weighted by Crippen LogP contribution is -2.31. The van der Waals surface area contributed by atoms with Crippen LogP contribution in [-0.4, -0.2) is 27.7 Å². The molecule has 0 aromatic heterocycles. The first kappa shape index (κ1) is 15.4. The third-order valence-corrected chi connectivity index (χ3v) is 4.46. The number of aromatic hydroxyl groups is 1. The second-order valence-electron chi connectivity index (χ2n) is 4.90. The fourth-order valence-corrected chi connectivity index (χ4v) is 3.17.